The predicted octanol–water partition coefficient (Wildman–Crippen LogP) is 3.60. The Morgan fingerprint density at radius 3 is 2.00 bits per heavy atom. The number of aromatic nitrogens is 2. The average molecular weight is 359 g/mol. The van der Waals surface area contributed by atoms with Gasteiger partial charge in [0.25, 0.3) is 0 Å². The summed E-state index contributed by atoms with van der Waals surface area (Å²) in [6.45, 7) is 15.8. The van der Waals surface area contributed by atoms with Crippen molar-refractivity contribution in [2.75, 3.05) is 24.6 Å². The SMILES string of the molecule is CCOC(=O)N(CCN(C(C)C)C(C)C)c1nc(C)cc(C)n1.Cl. The monoisotopic (exact) mass is 358 g/mol. The Hall–Kier alpha value is -1.40. The van der Waals surface area contributed by atoms with E-state index in [1.807, 2.05) is 19.9 Å². The average Bonchev–Trinajstić information content (AvgIpc) is 2.41. The summed E-state index contributed by atoms with van der Waals surface area (Å²) in [7, 11) is 0. The van der Waals surface area contributed by atoms with E-state index in [-0.39, 0.29) is 12.4 Å². The molecule has 0 aromatic carbocycles. The second-order valence-electron chi connectivity index (χ2n) is 6.23. The molecule has 0 bridgehead atoms. The first-order chi connectivity index (χ1) is 10.8. The summed E-state index contributed by atoms with van der Waals surface area (Å²) in [5, 5.41) is 0. The zero-order valence-corrected chi connectivity index (χ0v) is 16.7. The Labute approximate surface area is 152 Å². The molecule has 0 saturated heterocycles. The van der Waals surface area contributed by atoms with Crippen LogP contribution in [0.25, 0.3) is 0 Å². The molecular weight excluding hydrogens is 328 g/mol. The van der Waals surface area contributed by atoms with E-state index < -0.39 is 6.09 Å². The first-order valence-electron chi connectivity index (χ1n) is 8.28. The molecule has 1 aromatic rings. The van der Waals surface area contributed by atoms with Gasteiger partial charge in [-0.05, 0) is 54.5 Å². The molecule has 0 spiro atoms. The molecule has 7 heteroatoms. The molecule has 1 amide bonds. The summed E-state index contributed by atoms with van der Waals surface area (Å²) in [5.74, 6) is 0.411. The second kappa shape index (κ2) is 10.5. The molecule has 6 nitrogen and oxygen atoms in total. The van der Waals surface area contributed by atoms with Crippen molar-refractivity contribution in [3.63, 3.8) is 0 Å². The van der Waals surface area contributed by atoms with E-state index in [0.717, 1.165) is 17.9 Å². The summed E-state index contributed by atoms with van der Waals surface area (Å²) in [6.07, 6.45) is -0.398. The van der Waals surface area contributed by atoms with Gasteiger partial charge in [-0.2, -0.15) is 0 Å². The van der Waals surface area contributed by atoms with Gasteiger partial charge in [-0.15, -0.1) is 12.4 Å². The van der Waals surface area contributed by atoms with E-state index in [9.17, 15) is 4.79 Å². The number of hydrogen-bond acceptors (Lipinski definition) is 5. The van der Waals surface area contributed by atoms with Gasteiger partial charge in [0, 0.05) is 36.6 Å². The van der Waals surface area contributed by atoms with Crippen LogP contribution in [0.2, 0.25) is 0 Å². The number of rotatable bonds is 7. The minimum Gasteiger partial charge on any atom is -0.449 e. The summed E-state index contributed by atoms with van der Waals surface area (Å²) in [4.78, 5) is 25.0. The van der Waals surface area contributed by atoms with E-state index >= 15 is 0 Å². The molecule has 0 aliphatic carbocycles. The highest BCUT2D eigenvalue weighted by molar-refractivity contribution is 5.85. The normalized spacial score (nSPS) is 10.9. The first kappa shape index (κ1) is 22.6. The van der Waals surface area contributed by atoms with Gasteiger partial charge < -0.3 is 4.74 Å². The summed E-state index contributed by atoms with van der Waals surface area (Å²) < 4.78 is 5.18. The smallest absolute Gasteiger partial charge is 0.416 e. The highest BCUT2D eigenvalue weighted by Crippen LogP contribution is 2.13. The highest BCUT2D eigenvalue weighted by Gasteiger charge is 2.23. The number of aryl methyl sites for hydroxylation is 2. The Balaban J connectivity index is 0.00000529. The van der Waals surface area contributed by atoms with Crippen molar-refractivity contribution in [1.29, 1.82) is 0 Å². The van der Waals surface area contributed by atoms with Gasteiger partial charge >= 0.3 is 6.09 Å². The lowest BCUT2D eigenvalue weighted by Crippen LogP contribution is -2.45. The van der Waals surface area contributed by atoms with Crippen molar-refractivity contribution in [2.45, 2.75) is 60.5 Å². The van der Waals surface area contributed by atoms with Gasteiger partial charge in [0.05, 0.1) is 6.61 Å². The summed E-state index contributed by atoms with van der Waals surface area (Å²) in [6, 6.07) is 2.69. The Morgan fingerprint density at radius 1 is 1.08 bits per heavy atom. The van der Waals surface area contributed by atoms with Gasteiger partial charge in [0.1, 0.15) is 0 Å². The molecule has 0 fully saturated rings. The van der Waals surface area contributed by atoms with Crippen LogP contribution in [0.3, 0.4) is 0 Å². The number of anilines is 1. The molecule has 138 valence electrons. The van der Waals surface area contributed by atoms with Gasteiger partial charge in [-0.1, -0.05) is 0 Å². The molecule has 0 radical (unpaired) electrons. The fourth-order valence-electron chi connectivity index (χ4n) is 2.63. The molecule has 0 aliphatic heterocycles. The lowest BCUT2D eigenvalue weighted by molar-refractivity contribution is 0.152. The third-order valence-electron chi connectivity index (χ3n) is 3.61. The largest absolute Gasteiger partial charge is 0.449 e. The molecule has 0 saturated carbocycles. The van der Waals surface area contributed by atoms with E-state index in [1.165, 1.54) is 4.90 Å². The third-order valence-corrected chi connectivity index (χ3v) is 3.61. The fraction of sp³-hybridized carbons (Fsp3) is 0.706. The van der Waals surface area contributed by atoms with Crippen molar-refractivity contribution in [3.8, 4) is 0 Å². The number of nitrogens with zero attached hydrogens (tertiary/aromatic N) is 4. The second-order valence-corrected chi connectivity index (χ2v) is 6.23. The molecular formula is C17H31ClN4O2. The maximum absolute atomic E-state index is 12.3. The van der Waals surface area contributed by atoms with E-state index in [4.69, 9.17) is 4.74 Å². The number of amides is 1. The Morgan fingerprint density at radius 2 is 1.58 bits per heavy atom. The zero-order chi connectivity index (χ0) is 17.6. The summed E-state index contributed by atoms with van der Waals surface area (Å²) in [5.41, 5.74) is 1.68. The number of hydrogen-bond donors (Lipinski definition) is 0. The maximum Gasteiger partial charge on any atom is 0.416 e. The number of halogens is 1. The zero-order valence-electron chi connectivity index (χ0n) is 15.9. The van der Waals surface area contributed by atoms with Crippen molar-refractivity contribution in [3.05, 3.63) is 17.5 Å². The van der Waals surface area contributed by atoms with Crippen molar-refractivity contribution in [1.82, 2.24) is 14.9 Å². The summed E-state index contributed by atoms with van der Waals surface area (Å²) >= 11 is 0. The lowest BCUT2D eigenvalue weighted by atomic mass is 10.2. The molecule has 24 heavy (non-hydrogen) atoms. The number of carbonyl (C=O) groups is 1. The minimum atomic E-state index is -0.398. The maximum atomic E-state index is 12.3. The van der Waals surface area contributed by atoms with Crippen LogP contribution in [-0.2, 0) is 4.74 Å². The van der Waals surface area contributed by atoms with E-state index in [1.54, 1.807) is 6.92 Å². The fourth-order valence-corrected chi connectivity index (χ4v) is 2.63. The van der Waals surface area contributed by atoms with Crippen LogP contribution in [-0.4, -0.2) is 52.7 Å². The highest BCUT2D eigenvalue weighted by atomic mass is 35.5. The molecule has 1 rings (SSSR count). The lowest BCUT2D eigenvalue weighted by Gasteiger charge is -2.32. The molecule has 0 N–H and O–H groups in total. The van der Waals surface area contributed by atoms with Crippen LogP contribution in [0.4, 0.5) is 10.7 Å². The number of carbonyl (C=O) groups excluding carboxylic acids is 1. The molecule has 0 atom stereocenters. The van der Waals surface area contributed by atoms with Gasteiger partial charge in [0.2, 0.25) is 5.95 Å². The predicted molar refractivity (Wildman–Crippen MR) is 100 cm³/mol. The minimum absolute atomic E-state index is 0. The molecule has 1 aromatic heterocycles. The first-order valence-corrected chi connectivity index (χ1v) is 8.28. The van der Waals surface area contributed by atoms with Crippen LogP contribution < -0.4 is 4.90 Å². The van der Waals surface area contributed by atoms with Crippen molar-refractivity contribution >= 4 is 24.4 Å². The van der Waals surface area contributed by atoms with E-state index in [2.05, 4.69) is 42.6 Å². The van der Waals surface area contributed by atoms with Crippen LogP contribution >= 0.6 is 12.4 Å². The van der Waals surface area contributed by atoms with Gasteiger partial charge in [0.15, 0.2) is 0 Å². The van der Waals surface area contributed by atoms with Gasteiger partial charge in [-0.3, -0.25) is 4.90 Å². The topological polar surface area (TPSA) is 58.6 Å². The quantitative estimate of drug-likeness (QED) is 0.745. The van der Waals surface area contributed by atoms with E-state index in [0.29, 0.717) is 31.2 Å². The van der Waals surface area contributed by atoms with Crippen molar-refractivity contribution in [2.24, 2.45) is 0 Å². The third kappa shape index (κ3) is 6.61. The Bertz CT molecular complexity index is 495. The van der Waals surface area contributed by atoms with Crippen LogP contribution in [0, 0.1) is 13.8 Å². The Kier molecular flexibility index (Phi) is 9.85. The van der Waals surface area contributed by atoms with Crippen LogP contribution in [0.5, 0.6) is 0 Å². The molecule has 0 aliphatic rings. The van der Waals surface area contributed by atoms with Crippen LogP contribution in [0.1, 0.15) is 46.0 Å². The molecule has 0 unspecified atom stereocenters. The van der Waals surface area contributed by atoms with Crippen molar-refractivity contribution < 1.29 is 9.53 Å². The number of ether oxygens (including phenoxy) is 1. The van der Waals surface area contributed by atoms with Crippen LogP contribution in [0.15, 0.2) is 6.07 Å². The standard InChI is InChI=1S/C17H30N4O2.ClH/c1-8-23-17(22)21(10-9-20(12(2)3)13(4)5)16-18-14(6)11-15(7)19-16;/h11-13H,8-10H2,1-7H3;1H. The van der Waals surface area contributed by atoms with Gasteiger partial charge in [-0.25, -0.2) is 19.7 Å². The molecule has 1 heterocycles.